The van der Waals surface area contributed by atoms with E-state index in [1.807, 2.05) is 0 Å². The number of halogens is 2. The van der Waals surface area contributed by atoms with Gasteiger partial charge in [0.1, 0.15) is 11.4 Å². The van der Waals surface area contributed by atoms with Gasteiger partial charge in [-0.3, -0.25) is 0 Å². The molecular weight excluding hydrogens is 344 g/mol. The second kappa shape index (κ2) is 4.58. The summed E-state index contributed by atoms with van der Waals surface area (Å²) in [6.45, 7) is 8.68. The highest BCUT2D eigenvalue weighted by Crippen LogP contribution is 2.45. The molecule has 1 aromatic carbocycles. The molecule has 0 N–H and O–H groups in total. The van der Waals surface area contributed by atoms with E-state index in [1.54, 1.807) is 0 Å². The fourth-order valence-electron chi connectivity index (χ4n) is 2.49. The van der Waals surface area contributed by atoms with E-state index >= 15 is 0 Å². The van der Waals surface area contributed by atoms with Gasteiger partial charge in [-0.05, 0) is 50.8 Å². The Labute approximate surface area is 120 Å². The molecule has 1 heterocycles. The highest BCUT2D eigenvalue weighted by Gasteiger charge is 2.37. The molecular formula is C14H18Br2O. The lowest BCUT2D eigenvalue weighted by Crippen LogP contribution is -2.30. The lowest BCUT2D eigenvalue weighted by atomic mass is 9.92. The molecule has 0 radical (unpaired) electrons. The van der Waals surface area contributed by atoms with Gasteiger partial charge in [0.25, 0.3) is 0 Å². The Hall–Kier alpha value is -0.0200. The van der Waals surface area contributed by atoms with Crippen LogP contribution in [-0.4, -0.2) is 10.9 Å². The van der Waals surface area contributed by atoms with E-state index in [9.17, 15) is 0 Å². The second-order valence-electron chi connectivity index (χ2n) is 5.16. The molecule has 0 aromatic heterocycles. The standard InChI is InChI=1S/C14H18Br2O/c1-8-9(2)13-11(10(3)12(8)16)7-14(4,17-13)5-6-15/h5-7H2,1-4H3. The van der Waals surface area contributed by atoms with E-state index in [2.05, 4.69) is 59.6 Å². The molecule has 94 valence electrons. The highest BCUT2D eigenvalue weighted by molar-refractivity contribution is 9.10. The van der Waals surface area contributed by atoms with Crippen molar-refractivity contribution in [3.05, 3.63) is 26.7 Å². The van der Waals surface area contributed by atoms with Gasteiger partial charge in [-0.15, -0.1) is 0 Å². The number of alkyl halides is 1. The predicted molar refractivity (Wildman–Crippen MR) is 79.5 cm³/mol. The monoisotopic (exact) mass is 360 g/mol. The van der Waals surface area contributed by atoms with E-state index in [0.717, 1.165) is 23.9 Å². The largest absolute Gasteiger partial charge is 0.487 e. The molecule has 3 heteroatoms. The quantitative estimate of drug-likeness (QED) is 0.684. The third-order valence-corrected chi connectivity index (χ3v) is 5.40. The maximum atomic E-state index is 6.23. The summed E-state index contributed by atoms with van der Waals surface area (Å²) in [4.78, 5) is 0. The molecule has 1 aliphatic rings. The zero-order valence-corrected chi connectivity index (χ0v) is 14.0. The van der Waals surface area contributed by atoms with Gasteiger partial charge in [0.2, 0.25) is 0 Å². The first-order valence-electron chi connectivity index (χ1n) is 5.93. The lowest BCUT2D eigenvalue weighted by molar-refractivity contribution is 0.112. The van der Waals surface area contributed by atoms with Crippen molar-refractivity contribution >= 4 is 31.9 Å². The summed E-state index contributed by atoms with van der Waals surface area (Å²) >= 11 is 7.21. The van der Waals surface area contributed by atoms with Crippen LogP contribution in [0.2, 0.25) is 0 Å². The van der Waals surface area contributed by atoms with Gasteiger partial charge in [0, 0.05) is 21.8 Å². The van der Waals surface area contributed by atoms with Crippen LogP contribution in [-0.2, 0) is 6.42 Å². The number of hydrogen-bond acceptors (Lipinski definition) is 1. The minimum Gasteiger partial charge on any atom is -0.487 e. The summed E-state index contributed by atoms with van der Waals surface area (Å²) in [6, 6.07) is 0. The van der Waals surface area contributed by atoms with Crippen molar-refractivity contribution in [1.29, 1.82) is 0 Å². The van der Waals surface area contributed by atoms with Crippen LogP contribution in [0.25, 0.3) is 0 Å². The van der Waals surface area contributed by atoms with Gasteiger partial charge in [0.15, 0.2) is 0 Å². The van der Waals surface area contributed by atoms with Gasteiger partial charge in [-0.2, -0.15) is 0 Å². The smallest absolute Gasteiger partial charge is 0.127 e. The summed E-state index contributed by atoms with van der Waals surface area (Å²) in [5.74, 6) is 1.12. The lowest BCUT2D eigenvalue weighted by Gasteiger charge is -2.23. The van der Waals surface area contributed by atoms with Crippen molar-refractivity contribution in [2.24, 2.45) is 0 Å². The van der Waals surface area contributed by atoms with Gasteiger partial charge in [0.05, 0.1) is 0 Å². The van der Waals surface area contributed by atoms with Crippen molar-refractivity contribution in [2.75, 3.05) is 5.33 Å². The Morgan fingerprint density at radius 3 is 2.41 bits per heavy atom. The molecule has 1 atom stereocenters. The Balaban J connectivity index is 2.52. The maximum Gasteiger partial charge on any atom is 0.127 e. The molecule has 2 rings (SSSR count). The molecule has 0 bridgehead atoms. The summed E-state index contributed by atoms with van der Waals surface area (Å²) < 4.78 is 7.47. The van der Waals surface area contributed by atoms with Crippen molar-refractivity contribution in [2.45, 2.75) is 46.1 Å². The minimum absolute atomic E-state index is 0.0470. The van der Waals surface area contributed by atoms with Crippen LogP contribution in [0, 0.1) is 20.8 Å². The average molecular weight is 362 g/mol. The molecule has 0 saturated carbocycles. The van der Waals surface area contributed by atoms with Crippen LogP contribution < -0.4 is 4.74 Å². The summed E-state index contributed by atoms with van der Waals surface area (Å²) in [6.07, 6.45) is 2.05. The zero-order valence-electron chi connectivity index (χ0n) is 10.8. The highest BCUT2D eigenvalue weighted by atomic mass is 79.9. The summed E-state index contributed by atoms with van der Waals surface area (Å²) in [7, 11) is 0. The van der Waals surface area contributed by atoms with Crippen molar-refractivity contribution in [3.8, 4) is 5.75 Å². The van der Waals surface area contributed by atoms with Gasteiger partial charge < -0.3 is 4.74 Å². The van der Waals surface area contributed by atoms with E-state index in [1.165, 1.54) is 26.7 Å². The van der Waals surface area contributed by atoms with Gasteiger partial charge in [-0.1, -0.05) is 31.9 Å². The van der Waals surface area contributed by atoms with Gasteiger partial charge >= 0.3 is 0 Å². The van der Waals surface area contributed by atoms with Crippen LogP contribution in [0.15, 0.2) is 4.47 Å². The fourth-order valence-corrected chi connectivity index (χ4v) is 3.87. The number of fused-ring (bicyclic) bond motifs is 1. The molecule has 0 aliphatic carbocycles. The van der Waals surface area contributed by atoms with Crippen molar-refractivity contribution < 1.29 is 4.74 Å². The summed E-state index contributed by atoms with van der Waals surface area (Å²) in [5, 5.41) is 0.982. The maximum absolute atomic E-state index is 6.23. The topological polar surface area (TPSA) is 9.23 Å². The number of hydrogen-bond donors (Lipinski definition) is 0. The van der Waals surface area contributed by atoms with Crippen LogP contribution in [0.5, 0.6) is 5.75 Å². The SMILES string of the molecule is Cc1c(C)c2c(c(C)c1Br)CC(C)(CCBr)O2. The third-order valence-electron chi connectivity index (χ3n) is 3.81. The molecule has 0 saturated heterocycles. The first kappa shape index (κ1) is 13.4. The van der Waals surface area contributed by atoms with E-state index in [4.69, 9.17) is 4.74 Å². The molecule has 17 heavy (non-hydrogen) atoms. The molecule has 0 fully saturated rings. The third kappa shape index (κ3) is 2.17. The van der Waals surface area contributed by atoms with Crippen LogP contribution in [0.4, 0.5) is 0 Å². The van der Waals surface area contributed by atoms with Crippen LogP contribution in [0.1, 0.15) is 35.6 Å². The summed E-state index contributed by atoms with van der Waals surface area (Å²) in [5.41, 5.74) is 5.24. The predicted octanol–water partition coefficient (Wildman–Crippen LogP) is 4.85. The Morgan fingerprint density at radius 2 is 1.82 bits per heavy atom. The van der Waals surface area contributed by atoms with E-state index in [-0.39, 0.29) is 5.60 Å². The van der Waals surface area contributed by atoms with Crippen LogP contribution in [0.3, 0.4) is 0 Å². The minimum atomic E-state index is -0.0470. The molecule has 1 aromatic rings. The fraction of sp³-hybridized carbons (Fsp3) is 0.571. The Kier molecular flexibility index (Phi) is 3.61. The first-order valence-corrected chi connectivity index (χ1v) is 7.84. The van der Waals surface area contributed by atoms with Crippen molar-refractivity contribution in [3.63, 3.8) is 0 Å². The van der Waals surface area contributed by atoms with Crippen LogP contribution >= 0.6 is 31.9 Å². The molecule has 0 amide bonds. The normalized spacial score (nSPS) is 22.5. The zero-order chi connectivity index (χ0) is 12.8. The molecule has 1 unspecified atom stereocenters. The molecule has 1 aliphatic heterocycles. The van der Waals surface area contributed by atoms with Crippen molar-refractivity contribution in [1.82, 2.24) is 0 Å². The first-order chi connectivity index (χ1) is 7.89. The molecule has 0 spiro atoms. The van der Waals surface area contributed by atoms with E-state index in [0.29, 0.717) is 0 Å². The number of benzene rings is 1. The van der Waals surface area contributed by atoms with E-state index < -0.39 is 0 Å². The average Bonchev–Trinajstić information content (AvgIpc) is 2.62. The number of ether oxygens (including phenoxy) is 1. The number of rotatable bonds is 2. The molecule has 1 nitrogen and oxygen atoms in total. The second-order valence-corrected chi connectivity index (χ2v) is 6.75. The Morgan fingerprint density at radius 1 is 1.18 bits per heavy atom. The van der Waals surface area contributed by atoms with Gasteiger partial charge in [-0.25, -0.2) is 0 Å². The Bertz CT molecular complexity index is 429.